The first-order valence-electron chi connectivity index (χ1n) is 9.25. The van der Waals surface area contributed by atoms with Crippen LogP contribution in [0.15, 0.2) is 29.2 Å². The minimum atomic E-state index is -0.0979. The number of nitrogens with zero attached hydrogens (tertiary/aromatic N) is 6. The SMILES string of the molecule is CCn1c(N2CCNCC2)nc2nc(NCc3ccccn3)n(C)c(=O)c21. The molecule has 1 saturated heterocycles. The van der Waals surface area contributed by atoms with Crippen LogP contribution in [0, 0.1) is 0 Å². The number of pyridine rings is 1. The highest BCUT2D eigenvalue weighted by Crippen LogP contribution is 2.21. The van der Waals surface area contributed by atoms with E-state index in [0.29, 0.717) is 30.2 Å². The van der Waals surface area contributed by atoms with Crippen LogP contribution in [0.4, 0.5) is 11.9 Å². The van der Waals surface area contributed by atoms with E-state index in [9.17, 15) is 4.79 Å². The molecule has 3 aromatic rings. The highest BCUT2D eigenvalue weighted by Gasteiger charge is 2.22. The lowest BCUT2D eigenvalue weighted by molar-refractivity contribution is 0.569. The molecule has 1 aliphatic rings. The lowest BCUT2D eigenvalue weighted by Crippen LogP contribution is -2.44. The molecule has 9 heteroatoms. The van der Waals surface area contributed by atoms with Gasteiger partial charge in [0, 0.05) is 46.0 Å². The van der Waals surface area contributed by atoms with Crippen LogP contribution in [0.5, 0.6) is 0 Å². The zero-order valence-electron chi connectivity index (χ0n) is 15.6. The smallest absolute Gasteiger partial charge is 0.280 e. The molecule has 3 aromatic heterocycles. The Morgan fingerprint density at radius 1 is 1.22 bits per heavy atom. The Bertz CT molecular complexity index is 988. The Morgan fingerprint density at radius 3 is 2.74 bits per heavy atom. The predicted molar refractivity (Wildman–Crippen MR) is 105 cm³/mol. The highest BCUT2D eigenvalue weighted by atomic mass is 16.1. The summed E-state index contributed by atoms with van der Waals surface area (Å²) in [5.74, 6) is 1.31. The molecule has 0 spiro atoms. The number of hydrogen-bond donors (Lipinski definition) is 2. The molecule has 1 aliphatic heterocycles. The van der Waals surface area contributed by atoms with E-state index in [1.54, 1.807) is 17.8 Å². The van der Waals surface area contributed by atoms with E-state index >= 15 is 0 Å². The van der Waals surface area contributed by atoms with Crippen molar-refractivity contribution in [2.45, 2.75) is 20.0 Å². The van der Waals surface area contributed by atoms with Gasteiger partial charge >= 0.3 is 0 Å². The number of aromatic nitrogens is 5. The average Bonchev–Trinajstić information content (AvgIpc) is 3.09. The van der Waals surface area contributed by atoms with Crippen LogP contribution in [-0.4, -0.2) is 50.3 Å². The summed E-state index contributed by atoms with van der Waals surface area (Å²) in [7, 11) is 1.73. The molecule has 142 valence electrons. The maximum Gasteiger partial charge on any atom is 0.280 e. The Morgan fingerprint density at radius 2 is 2.04 bits per heavy atom. The van der Waals surface area contributed by atoms with E-state index in [1.165, 1.54) is 0 Å². The molecule has 4 rings (SSSR count). The van der Waals surface area contributed by atoms with Crippen molar-refractivity contribution in [2.75, 3.05) is 36.4 Å². The van der Waals surface area contributed by atoms with Crippen LogP contribution in [0.1, 0.15) is 12.6 Å². The first kappa shape index (κ1) is 17.5. The molecule has 2 N–H and O–H groups in total. The minimum Gasteiger partial charge on any atom is -0.350 e. The summed E-state index contributed by atoms with van der Waals surface area (Å²) in [5.41, 5.74) is 1.82. The Balaban J connectivity index is 1.72. The third-order valence-electron chi connectivity index (χ3n) is 4.84. The molecule has 0 radical (unpaired) electrons. The number of fused-ring (bicyclic) bond motifs is 1. The summed E-state index contributed by atoms with van der Waals surface area (Å²) < 4.78 is 3.51. The molecular formula is C18H24N8O. The van der Waals surface area contributed by atoms with Gasteiger partial charge in [-0.3, -0.25) is 14.3 Å². The van der Waals surface area contributed by atoms with Crippen molar-refractivity contribution in [3.8, 4) is 0 Å². The third-order valence-corrected chi connectivity index (χ3v) is 4.84. The fraction of sp³-hybridized carbons (Fsp3) is 0.444. The molecule has 0 bridgehead atoms. The lowest BCUT2D eigenvalue weighted by Gasteiger charge is -2.28. The summed E-state index contributed by atoms with van der Waals surface area (Å²) >= 11 is 0. The van der Waals surface area contributed by atoms with Crippen LogP contribution in [-0.2, 0) is 20.1 Å². The second kappa shape index (κ2) is 7.36. The quantitative estimate of drug-likeness (QED) is 0.680. The topological polar surface area (TPSA) is 92.9 Å². The zero-order valence-corrected chi connectivity index (χ0v) is 15.6. The number of piperazine rings is 1. The van der Waals surface area contributed by atoms with Crippen molar-refractivity contribution in [3.05, 3.63) is 40.4 Å². The van der Waals surface area contributed by atoms with Gasteiger partial charge in [0.15, 0.2) is 11.2 Å². The Labute approximate surface area is 157 Å². The minimum absolute atomic E-state index is 0.0979. The van der Waals surface area contributed by atoms with Gasteiger partial charge in [-0.05, 0) is 19.1 Å². The standard InChI is InChI=1S/C18H24N8O/c1-3-26-14-15(23-18(26)25-10-8-19-9-11-25)22-17(24(2)16(14)27)21-12-13-6-4-5-7-20-13/h4-7,19H,3,8-12H2,1-2H3,(H,21,22). The Kier molecular flexibility index (Phi) is 4.76. The van der Waals surface area contributed by atoms with E-state index in [1.807, 2.05) is 29.7 Å². The van der Waals surface area contributed by atoms with E-state index < -0.39 is 0 Å². The summed E-state index contributed by atoms with van der Waals surface area (Å²) in [6, 6.07) is 5.73. The molecule has 0 unspecified atom stereocenters. The van der Waals surface area contributed by atoms with Gasteiger partial charge in [0.25, 0.3) is 5.56 Å². The zero-order chi connectivity index (χ0) is 18.8. The Hall–Kier alpha value is -2.94. The van der Waals surface area contributed by atoms with Gasteiger partial charge in [0.1, 0.15) is 0 Å². The van der Waals surface area contributed by atoms with E-state index in [-0.39, 0.29) is 5.56 Å². The number of imidazole rings is 1. The van der Waals surface area contributed by atoms with Crippen LogP contribution in [0.3, 0.4) is 0 Å². The number of hydrogen-bond acceptors (Lipinski definition) is 7. The van der Waals surface area contributed by atoms with E-state index in [0.717, 1.165) is 37.8 Å². The highest BCUT2D eigenvalue weighted by molar-refractivity contribution is 5.75. The van der Waals surface area contributed by atoms with Gasteiger partial charge < -0.3 is 20.1 Å². The predicted octanol–water partition coefficient (Wildman–Crippen LogP) is 0.567. The molecular weight excluding hydrogens is 344 g/mol. The normalized spacial score (nSPS) is 14.7. The van der Waals surface area contributed by atoms with Crippen molar-refractivity contribution >= 4 is 23.1 Å². The second-order valence-electron chi connectivity index (χ2n) is 6.54. The van der Waals surface area contributed by atoms with E-state index in [2.05, 4.69) is 25.5 Å². The second-order valence-corrected chi connectivity index (χ2v) is 6.54. The molecule has 0 aromatic carbocycles. The van der Waals surface area contributed by atoms with Crippen molar-refractivity contribution < 1.29 is 0 Å². The molecule has 0 atom stereocenters. The molecule has 0 amide bonds. The van der Waals surface area contributed by atoms with Gasteiger partial charge in [0.2, 0.25) is 11.9 Å². The maximum atomic E-state index is 13.0. The summed E-state index contributed by atoms with van der Waals surface area (Å²) in [4.78, 5) is 28.8. The van der Waals surface area contributed by atoms with Crippen LogP contribution >= 0.6 is 0 Å². The first-order valence-corrected chi connectivity index (χ1v) is 9.25. The fourth-order valence-corrected chi connectivity index (χ4v) is 3.38. The van der Waals surface area contributed by atoms with Crippen molar-refractivity contribution in [1.82, 2.24) is 29.4 Å². The molecule has 9 nitrogen and oxygen atoms in total. The van der Waals surface area contributed by atoms with Crippen LogP contribution < -0.4 is 21.1 Å². The van der Waals surface area contributed by atoms with E-state index in [4.69, 9.17) is 4.98 Å². The largest absolute Gasteiger partial charge is 0.350 e. The molecule has 0 aliphatic carbocycles. The van der Waals surface area contributed by atoms with Crippen LogP contribution in [0.2, 0.25) is 0 Å². The first-order chi connectivity index (χ1) is 13.2. The third kappa shape index (κ3) is 3.25. The molecule has 27 heavy (non-hydrogen) atoms. The van der Waals surface area contributed by atoms with Crippen molar-refractivity contribution in [1.29, 1.82) is 0 Å². The monoisotopic (exact) mass is 368 g/mol. The van der Waals surface area contributed by atoms with Crippen LogP contribution in [0.25, 0.3) is 11.2 Å². The average molecular weight is 368 g/mol. The van der Waals surface area contributed by atoms with Gasteiger partial charge in [-0.25, -0.2) is 0 Å². The number of nitrogens with one attached hydrogen (secondary N) is 2. The summed E-state index contributed by atoms with van der Waals surface area (Å²) in [5, 5.41) is 6.55. The van der Waals surface area contributed by atoms with Gasteiger partial charge in [0.05, 0.1) is 12.2 Å². The van der Waals surface area contributed by atoms with Gasteiger partial charge in [-0.15, -0.1) is 0 Å². The lowest BCUT2D eigenvalue weighted by atomic mass is 10.3. The summed E-state index contributed by atoms with van der Waals surface area (Å²) in [6.07, 6.45) is 1.75. The summed E-state index contributed by atoms with van der Waals surface area (Å²) in [6.45, 7) is 6.76. The molecule has 1 fully saturated rings. The van der Waals surface area contributed by atoms with Crippen molar-refractivity contribution in [3.63, 3.8) is 0 Å². The molecule has 0 saturated carbocycles. The van der Waals surface area contributed by atoms with Gasteiger partial charge in [-0.2, -0.15) is 9.97 Å². The maximum absolute atomic E-state index is 13.0. The van der Waals surface area contributed by atoms with Crippen molar-refractivity contribution in [2.24, 2.45) is 7.05 Å². The van der Waals surface area contributed by atoms with Gasteiger partial charge in [-0.1, -0.05) is 6.07 Å². The fourth-order valence-electron chi connectivity index (χ4n) is 3.38. The number of rotatable bonds is 5. The molecule has 4 heterocycles. The number of aryl methyl sites for hydroxylation is 1. The number of anilines is 2.